The second-order valence-electron chi connectivity index (χ2n) is 4.19. The highest BCUT2D eigenvalue weighted by atomic mass is 15.2. The van der Waals surface area contributed by atoms with Gasteiger partial charge in [0.15, 0.2) is 0 Å². The van der Waals surface area contributed by atoms with E-state index in [4.69, 9.17) is 0 Å². The summed E-state index contributed by atoms with van der Waals surface area (Å²) in [6.45, 7) is 10.0. The molecule has 0 aromatic carbocycles. The maximum atomic E-state index is 2.48. The van der Waals surface area contributed by atoms with Crippen molar-refractivity contribution in [2.24, 2.45) is 0 Å². The maximum absolute atomic E-state index is 2.48. The zero-order chi connectivity index (χ0) is 11.3. The van der Waals surface area contributed by atoms with Crippen LogP contribution in [0.1, 0.15) is 40.5 Å². The Kier molecular flexibility index (Phi) is 4.67. The van der Waals surface area contributed by atoms with Crippen LogP contribution < -0.4 is 0 Å². The summed E-state index contributed by atoms with van der Waals surface area (Å²) in [5, 5.41) is 0. The first-order valence-corrected chi connectivity index (χ1v) is 6.00. The monoisotopic (exact) mass is 205 g/mol. The summed E-state index contributed by atoms with van der Waals surface area (Å²) < 4.78 is 0. The van der Waals surface area contributed by atoms with E-state index in [2.05, 4.69) is 56.9 Å². The van der Waals surface area contributed by atoms with Crippen molar-refractivity contribution < 1.29 is 0 Å². The van der Waals surface area contributed by atoms with Crippen molar-refractivity contribution in [2.75, 3.05) is 6.54 Å². The van der Waals surface area contributed by atoms with Crippen molar-refractivity contribution in [1.82, 2.24) is 4.90 Å². The fourth-order valence-electron chi connectivity index (χ4n) is 1.90. The molecule has 15 heavy (non-hydrogen) atoms. The summed E-state index contributed by atoms with van der Waals surface area (Å²) in [5.41, 5.74) is 2.74. The quantitative estimate of drug-likeness (QED) is 0.673. The molecule has 0 radical (unpaired) electrons. The van der Waals surface area contributed by atoms with Crippen molar-refractivity contribution in [2.45, 2.75) is 46.6 Å². The van der Waals surface area contributed by atoms with E-state index in [1.807, 2.05) is 0 Å². The lowest BCUT2D eigenvalue weighted by Gasteiger charge is -2.30. The van der Waals surface area contributed by atoms with Crippen LogP contribution in [0.3, 0.4) is 0 Å². The van der Waals surface area contributed by atoms with Crippen molar-refractivity contribution in [1.29, 1.82) is 0 Å². The van der Waals surface area contributed by atoms with Gasteiger partial charge in [0.05, 0.1) is 0 Å². The van der Waals surface area contributed by atoms with Crippen LogP contribution in [0.15, 0.2) is 35.6 Å². The number of nitrogens with zero attached hydrogens (tertiary/aromatic N) is 1. The van der Waals surface area contributed by atoms with Crippen LogP contribution in [0.4, 0.5) is 0 Å². The van der Waals surface area contributed by atoms with Crippen molar-refractivity contribution in [3.63, 3.8) is 0 Å². The summed E-state index contributed by atoms with van der Waals surface area (Å²) in [5.74, 6) is 0. The second-order valence-corrected chi connectivity index (χ2v) is 4.19. The summed E-state index contributed by atoms with van der Waals surface area (Å²) >= 11 is 0. The molecule has 0 bridgehead atoms. The number of hydrogen-bond acceptors (Lipinski definition) is 1. The predicted octanol–water partition coefficient (Wildman–Crippen LogP) is 3.90. The van der Waals surface area contributed by atoms with Crippen LogP contribution in [0.5, 0.6) is 0 Å². The van der Waals surface area contributed by atoms with Crippen LogP contribution in [0, 0.1) is 0 Å². The number of allylic oxidation sites excluding steroid dienone is 5. The summed E-state index contributed by atoms with van der Waals surface area (Å²) in [4.78, 5) is 2.48. The Morgan fingerprint density at radius 3 is 2.60 bits per heavy atom. The molecule has 0 spiro atoms. The summed E-state index contributed by atoms with van der Waals surface area (Å²) in [6, 6.07) is 0.629. The van der Waals surface area contributed by atoms with Gasteiger partial charge in [-0.1, -0.05) is 30.7 Å². The smallest absolute Gasteiger partial charge is 0.0331 e. The van der Waals surface area contributed by atoms with E-state index in [9.17, 15) is 0 Å². The number of hydrogen-bond donors (Lipinski definition) is 0. The molecule has 84 valence electrons. The van der Waals surface area contributed by atoms with Crippen LogP contribution in [-0.4, -0.2) is 17.5 Å². The van der Waals surface area contributed by atoms with Crippen LogP contribution in [0.2, 0.25) is 0 Å². The predicted molar refractivity (Wildman–Crippen MR) is 67.7 cm³/mol. The van der Waals surface area contributed by atoms with E-state index >= 15 is 0 Å². The molecule has 1 nitrogen and oxygen atoms in total. The first kappa shape index (κ1) is 12.1. The van der Waals surface area contributed by atoms with Gasteiger partial charge >= 0.3 is 0 Å². The molecule has 0 heterocycles. The minimum Gasteiger partial charge on any atom is -0.369 e. The fourth-order valence-corrected chi connectivity index (χ4v) is 1.90. The molecule has 0 saturated heterocycles. The van der Waals surface area contributed by atoms with Crippen molar-refractivity contribution in [3.05, 3.63) is 35.6 Å². The minimum atomic E-state index is 0.629. The zero-order valence-electron chi connectivity index (χ0n) is 10.5. The van der Waals surface area contributed by atoms with E-state index in [0.717, 1.165) is 13.0 Å². The van der Waals surface area contributed by atoms with Gasteiger partial charge in [0, 0.05) is 18.3 Å². The number of likely N-dealkylation sites (N-methyl/N-ethyl adjacent to an activating group) is 1. The lowest BCUT2D eigenvalue weighted by atomic mass is 10.2. The van der Waals surface area contributed by atoms with Gasteiger partial charge in [0.2, 0.25) is 0 Å². The molecule has 0 aliphatic heterocycles. The molecule has 0 aromatic heterocycles. The third-order valence-electron chi connectivity index (χ3n) is 3.08. The van der Waals surface area contributed by atoms with E-state index < -0.39 is 0 Å². The Morgan fingerprint density at radius 2 is 2.00 bits per heavy atom. The first-order valence-electron chi connectivity index (χ1n) is 6.00. The highest BCUT2D eigenvalue weighted by Gasteiger charge is 2.11. The van der Waals surface area contributed by atoms with Crippen LogP contribution in [-0.2, 0) is 0 Å². The van der Waals surface area contributed by atoms with Gasteiger partial charge in [-0.05, 0) is 39.7 Å². The van der Waals surface area contributed by atoms with Gasteiger partial charge < -0.3 is 4.90 Å². The first-order chi connectivity index (χ1) is 7.19. The zero-order valence-corrected chi connectivity index (χ0v) is 10.5. The van der Waals surface area contributed by atoms with Gasteiger partial charge in [-0.2, -0.15) is 0 Å². The van der Waals surface area contributed by atoms with E-state index in [1.165, 1.54) is 17.7 Å². The minimum absolute atomic E-state index is 0.629. The molecule has 1 aliphatic rings. The van der Waals surface area contributed by atoms with Crippen molar-refractivity contribution >= 4 is 0 Å². The van der Waals surface area contributed by atoms with Gasteiger partial charge in [-0.15, -0.1) is 0 Å². The Bertz CT molecular complexity index is 284. The lowest BCUT2D eigenvalue weighted by molar-refractivity contribution is 0.282. The largest absolute Gasteiger partial charge is 0.369 e. The van der Waals surface area contributed by atoms with Gasteiger partial charge in [0.1, 0.15) is 0 Å². The highest BCUT2D eigenvalue weighted by molar-refractivity contribution is 5.30. The topological polar surface area (TPSA) is 3.24 Å². The standard InChI is InChI=1S/C14H23N/c1-5-13(4)15(6-2)14-9-7-8-12(3)10-11-14/h8-11,13H,5-7H2,1-4H3. The van der Waals surface area contributed by atoms with Crippen LogP contribution in [0.25, 0.3) is 0 Å². The van der Waals surface area contributed by atoms with Gasteiger partial charge in [-0.25, -0.2) is 0 Å². The lowest BCUT2D eigenvalue weighted by Crippen LogP contribution is -2.31. The molecule has 0 aromatic rings. The molecule has 0 N–H and O–H groups in total. The summed E-state index contributed by atoms with van der Waals surface area (Å²) in [6.07, 6.45) is 11.3. The fraction of sp³-hybridized carbons (Fsp3) is 0.571. The molecule has 1 atom stereocenters. The van der Waals surface area contributed by atoms with Crippen molar-refractivity contribution in [3.8, 4) is 0 Å². The third-order valence-corrected chi connectivity index (χ3v) is 3.08. The highest BCUT2D eigenvalue weighted by Crippen LogP contribution is 2.17. The Labute approximate surface area is 94.2 Å². The molecule has 1 rings (SSSR count). The van der Waals surface area contributed by atoms with Crippen LogP contribution >= 0.6 is 0 Å². The molecule has 1 unspecified atom stereocenters. The third kappa shape index (κ3) is 3.26. The SMILES string of the molecule is CCC(C)N(CC)C1=CCC=C(C)C=C1. The average Bonchev–Trinajstić information content (AvgIpc) is 2.45. The van der Waals surface area contributed by atoms with E-state index in [-0.39, 0.29) is 0 Å². The molecular formula is C14H23N. The Balaban J connectivity index is 2.78. The Hall–Kier alpha value is -0.980. The molecule has 1 heteroatoms. The number of rotatable bonds is 4. The van der Waals surface area contributed by atoms with E-state index in [0.29, 0.717) is 6.04 Å². The molecule has 0 amide bonds. The Morgan fingerprint density at radius 1 is 1.27 bits per heavy atom. The molecule has 0 saturated carbocycles. The normalized spacial score (nSPS) is 17.9. The average molecular weight is 205 g/mol. The molecule has 1 aliphatic carbocycles. The maximum Gasteiger partial charge on any atom is 0.0331 e. The van der Waals surface area contributed by atoms with Gasteiger partial charge in [-0.3, -0.25) is 0 Å². The molecular weight excluding hydrogens is 182 g/mol. The van der Waals surface area contributed by atoms with E-state index in [1.54, 1.807) is 0 Å². The second kappa shape index (κ2) is 5.79. The molecule has 0 fully saturated rings. The van der Waals surface area contributed by atoms with Gasteiger partial charge in [0.25, 0.3) is 0 Å². The summed E-state index contributed by atoms with van der Waals surface area (Å²) in [7, 11) is 0.